The van der Waals surface area contributed by atoms with Gasteiger partial charge in [0, 0.05) is 44.3 Å². The molecular formula is C21H20ClN5O3S. The first-order valence-electron chi connectivity index (χ1n) is 9.62. The van der Waals surface area contributed by atoms with E-state index in [9.17, 15) is 13.2 Å². The van der Waals surface area contributed by atoms with Crippen LogP contribution in [0.1, 0.15) is 10.4 Å². The minimum Gasteiger partial charge on any atom is -0.353 e. The van der Waals surface area contributed by atoms with E-state index in [1.165, 1.54) is 16.4 Å². The molecule has 160 valence electrons. The summed E-state index contributed by atoms with van der Waals surface area (Å²) in [6.07, 6.45) is 4.88. The van der Waals surface area contributed by atoms with E-state index < -0.39 is 10.0 Å². The molecule has 1 N–H and O–H groups in total. The average Bonchev–Trinajstić information content (AvgIpc) is 2.80. The Kier molecular flexibility index (Phi) is 6.17. The normalized spacial score (nSPS) is 14.9. The lowest BCUT2D eigenvalue weighted by atomic mass is 10.2. The molecule has 1 fully saturated rings. The molecule has 3 aromatic rings. The Morgan fingerprint density at radius 2 is 1.68 bits per heavy atom. The second-order valence-electron chi connectivity index (χ2n) is 6.91. The Labute approximate surface area is 185 Å². The molecule has 0 atom stereocenters. The number of hydrogen-bond acceptors (Lipinski definition) is 6. The van der Waals surface area contributed by atoms with Crippen molar-refractivity contribution in [1.82, 2.24) is 14.3 Å². The summed E-state index contributed by atoms with van der Waals surface area (Å²) in [4.78, 5) is 22.9. The number of benzene rings is 2. The molecule has 1 aromatic heterocycles. The van der Waals surface area contributed by atoms with E-state index in [-0.39, 0.29) is 10.8 Å². The maximum Gasteiger partial charge on any atom is 0.257 e. The van der Waals surface area contributed by atoms with Crippen LogP contribution < -0.4 is 10.2 Å². The molecule has 1 amide bonds. The highest BCUT2D eigenvalue weighted by Gasteiger charge is 2.29. The summed E-state index contributed by atoms with van der Waals surface area (Å²) in [5, 5.41) is 3.08. The van der Waals surface area contributed by atoms with Gasteiger partial charge in [-0.25, -0.2) is 13.4 Å². The molecule has 1 aliphatic rings. The van der Waals surface area contributed by atoms with Gasteiger partial charge in [0.25, 0.3) is 5.91 Å². The van der Waals surface area contributed by atoms with Crippen molar-refractivity contribution >= 4 is 39.0 Å². The number of carbonyl (C=O) groups is 1. The van der Waals surface area contributed by atoms with Gasteiger partial charge >= 0.3 is 0 Å². The fourth-order valence-corrected chi connectivity index (χ4v) is 4.96. The average molecular weight is 458 g/mol. The fourth-order valence-electron chi connectivity index (χ4n) is 3.32. The molecule has 1 aliphatic heterocycles. The summed E-state index contributed by atoms with van der Waals surface area (Å²) in [5.41, 5.74) is 0.832. The predicted octanol–water partition coefficient (Wildman–Crippen LogP) is 2.89. The minimum atomic E-state index is -3.63. The number of halogens is 1. The second kappa shape index (κ2) is 9.01. The molecule has 4 rings (SSSR count). The van der Waals surface area contributed by atoms with Crippen LogP contribution in [-0.2, 0) is 10.0 Å². The number of aromatic nitrogens is 2. The molecule has 0 radical (unpaired) electrons. The van der Waals surface area contributed by atoms with Crippen LogP contribution in [-0.4, -0.2) is 54.8 Å². The van der Waals surface area contributed by atoms with Crippen LogP contribution in [0.2, 0.25) is 5.02 Å². The summed E-state index contributed by atoms with van der Waals surface area (Å²) in [5.74, 6) is 0.375. The van der Waals surface area contributed by atoms with E-state index in [0.717, 1.165) is 5.82 Å². The Bertz CT molecular complexity index is 1170. The molecule has 1 saturated heterocycles. The van der Waals surface area contributed by atoms with Crippen molar-refractivity contribution in [2.24, 2.45) is 0 Å². The Hall–Kier alpha value is -3.01. The van der Waals surface area contributed by atoms with Crippen LogP contribution in [0.3, 0.4) is 0 Å². The van der Waals surface area contributed by atoms with Crippen LogP contribution in [0, 0.1) is 0 Å². The van der Waals surface area contributed by atoms with Crippen molar-refractivity contribution < 1.29 is 13.2 Å². The number of nitrogens with zero attached hydrogens (tertiary/aromatic N) is 4. The lowest BCUT2D eigenvalue weighted by Crippen LogP contribution is -2.48. The number of carbonyl (C=O) groups excluding carboxylic acids is 1. The lowest BCUT2D eigenvalue weighted by Gasteiger charge is -2.34. The van der Waals surface area contributed by atoms with Crippen molar-refractivity contribution in [2.45, 2.75) is 4.90 Å². The zero-order valence-corrected chi connectivity index (χ0v) is 18.1. The van der Waals surface area contributed by atoms with Gasteiger partial charge in [0.05, 0.1) is 21.7 Å². The monoisotopic (exact) mass is 457 g/mol. The van der Waals surface area contributed by atoms with E-state index in [1.54, 1.807) is 55.0 Å². The molecule has 0 saturated carbocycles. The molecule has 0 aliphatic carbocycles. The first-order valence-corrected chi connectivity index (χ1v) is 11.4. The van der Waals surface area contributed by atoms with Gasteiger partial charge in [0.1, 0.15) is 5.82 Å². The topological polar surface area (TPSA) is 95.5 Å². The number of nitrogens with one attached hydrogen (secondary N) is 1. The Morgan fingerprint density at radius 1 is 0.968 bits per heavy atom. The van der Waals surface area contributed by atoms with Gasteiger partial charge in [-0.15, -0.1) is 0 Å². The molecule has 2 aromatic carbocycles. The summed E-state index contributed by atoms with van der Waals surface area (Å²) >= 11 is 6.05. The van der Waals surface area contributed by atoms with Crippen molar-refractivity contribution in [3.63, 3.8) is 0 Å². The summed E-state index contributed by atoms with van der Waals surface area (Å²) in [6, 6.07) is 12.8. The molecule has 31 heavy (non-hydrogen) atoms. The van der Waals surface area contributed by atoms with E-state index >= 15 is 0 Å². The fraction of sp³-hybridized carbons (Fsp3) is 0.190. The smallest absolute Gasteiger partial charge is 0.257 e. The molecular weight excluding hydrogens is 438 g/mol. The molecule has 2 heterocycles. The van der Waals surface area contributed by atoms with Crippen LogP contribution in [0.4, 0.5) is 11.5 Å². The highest BCUT2D eigenvalue weighted by atomic mass is 35.5. The maximum absolute atomic E-state index is 13.0. The van der Waals surface area contributed by atoms with Crippen LogP contribution in [0.15, 0.2) is 72.0 Å². The predicted molar refractivity (Wildman–Crippen MR) is 119 cm³/mol. The quantitative estimate of drug-likeness (QED) is 0.633. The van der Waals surface area contributed by atoms with Crippen LogP contribution in [0.25, 0.3) is 0 Å². The molecule has 8 nitrogen and oxygen atoms in total. The first-order chi connectivity index (χ1) is 14.9. The minimum absolute atomic E-state index is 0.177. The summed E-state index contributed by atoms with van der Waals surface area (Å²) in [6.45, 7) is 1.77. The molecule has 0 bridgehead atoms. The van der Waals surface area contributed by atoms with Crippen LogP contribution in [0.5, 0.6) is 0 Å². The SMILES string of the molecule is O=C(Nc1ccc(S(=O)(=O)N2CCN(c3cnccn3)CC2)cc1)c1ccccc1Cl. The van der Waals surface area contributed by atoms with Crippen molar-refractivity contribution in [3.8, 4) is 0 Å². The number of sulfonamides is 1. The van der Waals surface area contributed by atoms with Gasteiger partial charge in [-0.3, -0.25) is 9.78 Å². The lowest BCUT2D eigenvalue weighted by molar-refractivity contribution is 0.102. The zero-order valence-electron chi connectivity index (χ0n) is 16.5. The largest absolute Gasteiger partial charge is 0.353 e. The van der Waals surface area contributed by atoms with Crippen LogP contribution >= 0.6 is 11.6 Å². The highest BCUT2D eigenvalue weighted by molar-refractivity contribution is 7.89. The number of hydrogen-bond donors (Lipinski definition) is 1. The van der Waals surface area contributed by atoms with E-state index in [0.29, 0.717) is 42.5 Å². The zero-order chi connectivity index (χ0) is 21.8. The standard InChI is InChI=1S/C21H20ClN5O3S/c22-19-4-2-1-3-18(19)21(28)25-16-5-7-17(8-6-16)31(29,30)27-13-11-26(12-14-27)20-15-23-9-10-24-20/h1-10,15H,11-14H2,(H,25,28). The summed E-state index contributed by atoms with van der Waals surface area (Å²) < 4.78 is 27.5. The van der Waals surface area contributed by atoms with Gasteiger partial charge in [0.2, 0.25) is 10.0 Å². The van der Waals surface area contributed by atoms with Gasteiger partial charge < -0.3 is 10.2 Å². The Morgan fingerprint density at radius 3 is 2.32 bits per heavy atom. The second-order valence-corrected chi connectivity index (χ2v) is 9.26. The number of rotatable bonds is 5. The van der Waals surface area contributed by atoms with Gasteiger partial charge in [0.15, 0.2) is 0 Å². The van der Waals surface area contributed by atoms with Gasteiger partial charge in [-0.05, 0) is 36.4 Å². The number of amides is 1. The number of piperazine rings is 1. The van der Waals surface area contributed by atoms with Crippen molar-refractivity contribution in [3.05, 3.63) is 77.7 Å². The van der Waals surface area contributed by atoms with Gasteiger partial charge in [-0.1, -0.05) is 23.7 Å². The van der Waals surface area contributed by atoms with E-state index in [4.69, 9.17) is 11.6 Å². The Balaban J connectivity index is 1.41. The molecule has 0 unspecified atom stereocenters. The third kappa shape index (κ3) is 4.68. The maximum atomic E-state index is 13.0. The third-order valence-electron chi connectivity index (χ3n) is 4.98. The molecule has 0 spiro atoms. The van der Waals surface area contributed by atoms with Crippen molar-refractivity contribution in [2.75, 3.05) is 36.4 Å². The van der Waals surface area contributed by atoms with Crippen molar-refractivity contribution in [1.29, 1.82) is 0 Å². The molecule has 10 heteroatoms. The first kappa shape index (κ1) is 21.2. The van der Waals surface area contributed by atoms with E-state index in [2.05, 4.69) is 15.3 Å². The van der Waals surface area contributed by atoms with E-state index in [1.807, 2.05) is 4.90 Å². The number of anilines is 2. The summed E-state index contributed by atoms with van der Waals surface area (Å²) in [7, 11) is -3.63. The third-order valence-corrected chi connectivity index (χ3v) is 7.22. The highest BCUT2D eigenvalue weighted by Crippen LogP contribution is 2.22. The van der Waals surface area contributed by atoms with Gasteiger partial charge in [-0.2, -0.15) is 4.31 Å².